The first-order valence-corrected chi connectivity index (χ1v) is 10.3. The molecule has 10 heteroatoms. The molecule has 29 heavy (non-hydrogen) atoms. The van der Waals surface area contributed by atoms with E-state index in [0.717, 1.165) is 21.4 Å². The highest BCUT2D eigenvalue weighted by Gasteiger charge is 2.12. The average Bonchev–Trinajstić information content (AvgIpc) is 2.97. The van der Waals surface area contributed by atoms with E-state index in [1.54, 1.807) is 0 Å². The molecule has 0 spiro atoms. The molecule has 0 fully saturated rings. The monoisotopic (exact) mass is 495 g/mol. The Kier molecular flexibility index (Phi) is 7.08. The molecule has 0 aliphatic carbocycles. The molecule has 1 heterocycles. The highest BCUT2D eigenvalue weighted by atomic mass is 79.9. The number of carbonyl (C=O) groups is 1. The number of halogens is 2. The standard InChI is InChI=1S/C19H15BrClN3O4S/c20-13-3-1-12(2-4-13)10-24-18(21)16(29-19(24)27)9-22-23-17(26)11-28-15-7-5-14(25)6-8-15/h1-9,25H,10-11H2,(H,23,26). The maximum Gasteiger partial charge on any atom is 0.309 e. The first-order valence-electron chi connectivity index (χ1n) is 8.29. The quantitative estimate of drug-likeness (QED) is 0.386. The van der Waals surface area contributed by atoms with Crippen molar-refractivity contribution < 1.29 is 14.6 Å². The summed E-state index contributed by atoms with van der Waals surface area (Å²) in [6, 6.07) is 13.5. The molecule has 150 valence electrons. The van der Waals surface area contributed by atoms with E-state index in [2.05, 4.69) is 26.5 Å². The smallest absolute Gasteiger partial charge is 0.309 e. The summed E-state index contributed by atoms with van der Waals surface area (Å²) in [6.07, 6.45) is 1.32. The summed E-state index contributed by atoms with van der Waals surface area (Å²) < 4.78 is 7.65. The topological polar surface area (TPSA) is 92.9 Å². The molecule has 2 aromatic carbocycles. The third-order valence-electron chi connectivity index (χ3n) is 3.69. The van der Waals surface area contributed by atoms with E-state index in [4.69, 9.17) is 16.3 Å². The maximum absolute atomic E-state index is 12.2. The van der Waals surface area contributed by atoms with Crippen LogP contribution in [-0.4, -0.2) is 28.4 Å². The van der Waals surface area contributed by atoms with E-state index in [9.17, 15) is 14.7 Å². The number of nitrogens with zero attached hydrogens (tertiary/aromatic N) is 2. The summed E-state index contributed by atoms with van der Waals surface area (Å²) >= 11 is 10.6. The molecule has 2 N–H and O–H groups in total. The SMILES string of the molecule is O=C(COc1ccc(O)cc1)NN=Cc1sc(=O)n(Cc2ccc(Br)cc2)c1Cl. The van der Waals surface area contributed by atoms with Gasteiger partial charge in [-0.1, -0.05) is 51.0 Å². The minimum atomic E-state index is -0.480. The van der Waals surface area contributed by atoms with E-state index < -0.39 is 5.91 Å². The lowest BCUT2D eigenvalue weighted by Crippen LogP contribution is -2.24. The molecule has 0 atom stereocenters. The second-order valence-electron chi connectivity index (χ2n) is 5.81. The minimum Gasteiger partial charge on any atom is -0.508 e. The molecule has 0 bridgehead atoms. The van der Waals surface area contributed by atoms with Gasteiger partial charge in [-0.15, -0.1) is 0 Å². The number of carbonyl (C=O) groups excluding carboxylic acids is 1. The summed E-state index contributed by atoms with van der Waals surface area (Å²) in [5.74, 6) is 0.0645. The van der Waals surface area contributed by atoms with Gasteiger partial charge in [0.1, 0.15) is 16.7 Å². The molecule has 7 nitrogen and oxygen atoms in total. The molecule has 0 unspecified atom stereocenters. The molecule has 3 aromatic rings. The summed E-state index contributed by atoms with van der Waals surface area (Å²) in [5.41, 5.74) is 3.24. The molecule has 0 radical (unpaired) electrons. The lowest BCUT2D eigenvalue weighted by atomic mass is 10.2. The van der Waals surface area contributed by atoms with Crippen LogP contribution in [0.5, 0.6) is 11.5 Å². The van der Waals surface area contributed by atoms with Gasteiger partial charge in [0, 0.05) is 4.47 Å². The van der Waals surface area contributed by atoms with Gasteiger partial charge in [0.25, 0.3) is 5.91 Å². The Balaban J connectivity index is 1.57. The maximum atomic E-state index is 12.2. The summed E-state index contributed by atoms with van der Waals surface area (Å²) in [5, 5.41) is 13.3. The minimum absolute atomic E-state index is 0.106. The molecule has 1 amide bonds. The van der Waals surface area contributed by atoms with Gasteiger partial charge in [0.05, 0.1) is 17.6 Å². The Morgan fingerprint density at radius 1 is 1.24 bits per heavy atom. The fourth-order valence-electron chi connectivity index (χ4n) is 2.28. The Bertz CT molecular complexity index is 1080. The zero-order chi connectivity index (χ0) is 20.8. The number of ether oxygens (including phenoxy) is 1. The van der Waals surface area contributed by atoms with Crippen molar-refractivity contribution in [3.05, 3.63) is 78.3 Å². The Morgan fingerprint density at radius 3 is 2.62 bits per heavy atom. The fraction of sp³-hybridized carbons (Fsp3) is 0.105. The van der Waals surface area contributed by atoms with Crippen molar-refractivity contribution in [1.29, 1.82) is 0 Å². The third kappa shape index (κ3) is 5.93. The number of aromatic nitrogens is 1. The second-order valence-corrected chi connectivity index (χ2v) is 8.08. The van der Waals surface area contributed by atoms with Crippen LogP contribution in [0.3, 0.4) is 0 Å². The number of hydrogen-bond acceptors (Lipinski definition) is 6. The number of aromatic hydroxyl groups is 1. The Hall–Kier alpha value is -2.62. The van der Waals surface area contributed by atoms with Crippen LogP contribution in [0.4, 0.5) is 0 Å². The van der Waals surface area contributed by atoms with E-state index in [1.165, 1.54) is 35.0 Å². The van der Waals surface area contributed by atoms with Crippen LogP contribution in [0.25, 0.3) is 0 Å². The lowest BCUT2D eigenvalue weighted by Gasteiger charge is -2.05. The van der Waals surface area contributed by atoms with Gasteiger partial charge in [0.15, 0.2) is 6.61 Å². The number of hydrogen-bond donors (Lipinski definition) is 2. The molecule has 0 aliphatic rings. The predicted octanol–water partition coefficient (Wildman–Crippen LogP) is 3.61. The van der Waals surface area contributed by atoms with E-state index in [0.29, 0.717) is 17.2 Å². The van der Waals surface area contributed by atoms with Crippen LogP contribution in [0.15, 0.2) is 62.9 Å². The Morgan fingerprint density at radius 2 is 1.93 bits per heavy atom. The normalized spacial score (nSPS) is 11.0. The van der Waals surface area contributed by atoms with Gasteiger partial charge in [-0.25, -0.2) is 5.43 Å². The van der Waals surface area contributed by atoms with Gasteiger partial charge >= 0.3 is 4.87 Å². The first-order chi connectivity index (χ1) is 13.9. The van der Waals surface area contributed by atoms with Crippen molar-refractivity contribution in [3.8, 4) is 11.5 Å². The van der Waals surface area contributed by atoms with Crippen LogP contribution in [-0.2, 0) is 11.3 Å². The molecule has 0 saturated heterocycles. The Labute approximate surface area is 183 Å². The van der Waals surface area contributed by atoms with Gasteiger partial charge in [-0.05, 0) is 42.0 Å². The number of phenolic OH excluding ortho intramolecular Hbond substituents is 1. The van der Waals surface area contributed by atoms with Crippen molar-refractivity contribution in [2.75, 3.05) is 6.61 Å². The number of nitrogens with one attached hydrogen (secondary N) is 1. The zero-order valence-electron chi connectivity index (χ0n) is 14.8. The van der Waals surface area contributed by atoms with E-state index in [1.807, 2.05) is 24.3 Å². The highest BCUT2D eigenvalue weighted by Crippen LogP contribution is 2.19. The molecular formula is C19H15BrClN3O4S. The van der Waals surface area contributed by atoms with Crippen LogP contribution < -0.4 is 15.0 Å². The number of rotatable bonds is 7. The van der Waals surface area contributed by atoms with Gasteiger partial charge in [0.2, 0.25) is 0 Å². The van der Waals surface area contributed by atoms with E-state index >= 15 is 0 Å². The lowest BCUT2D eigenvalue weighted by molar-refractivity contribution is -0.123. The molecule has 1 aromatic heterocycles. The van der Waals surface area contributed by atoms with Gasteiger partial charge < -0.3 is 9.84 Å². The predicted molar refractivity (Wildman–Crippen MR) is 116 cm³/mol. The average molecular weight is 497 g/mol. The van der Waals surface area contributed by atoms with Crippen LogP contribution in [0, 0.1) is 0 Å². The largest absolute Gasteiger partial charge is 0.508 e. The van der Waals surface area contributed by atoms with Crippen molar-refractivity contribution in [1.82, 2.24) is 9.99 Å². The van der Waals surface area contributed by atoms with Crippen molar-refractivity contribution >= 4 is 51.0 Å². The highest BCUT2D eigenvalue weighted by molar-refractivity contribution is 9.10. The number of thiazole rings is 1. The third-order valence-corrected chi connectivity index (χ3v) is 5.65. The van der Waals surface area contributed by atoms with E-state index in [-0.39, 0.29) is 22.4 Å². The first kappa shape index (κ1) is 21.1. The number of hydrazone groups is 1. The van der Waals surface area contributed by atoms with Crippen LogP contribution in [0.2, 0.25) is 5.15 Å². The van der Waals surface area contributed by atoms with Crippen molar-refractivity contribution in [2.24, 2.45) is 5.10 Å². The molecule has 3 rings (SSSR count). The molecule has 0 saturated carbocycles. The summed E-state index contributed by atoms with van der Waals surface area (Å²) in [6.45, 7) is 0.0821. The fourth-order valence-corrected chi connectivity index (χ4v) is 3.65. The number of phenols is 1. The zero-order valence-corrected chi connectivity index (χ0v) is 18.0. The van der Waals surface area contributed by atoms with Crippen molar-refractivity contribution in [3.63, 3.8) is 0 Å². The molecule has 0 aliphatic heterocycles. The molecular weight excluding hydrogens is 482 g/mol. The van der Waals surface area contributed by atoms with Crippen LogP contribution in [0.1, 0.15) is 10.4 Å². The van der Waals surface area contributed by atoms with Gasteiger partial charge in [-0.2, -0.15) is 5.10 Å². The van der Waals surface area contributed by atoms with Crippen molar-refractivity contribution in [2.45, 2.75) is 6.54 Å². The second kappa shape index (κ2) is 9.73. The summed E-state index contributed by atoms with van der Waals surface area (Å²) in [4.78, 5) is 24.2. The van der Waals surface area contributed by atoms with Gasteiger partial charge in [-0.3, -0.25) is 14.2 Å². The number of benzene rings is 2. The number of amides is 1. The summed E-state index contributed by atoms with van der Waals surface area (Å²) in [7, 11) is 0. The van der Waals surface area contributed by atoms with Crippen LogP contribution >= 0.6 is 38.9 Å².